The van der Waals surface area contributed by atoms with Crippen molar-refractivity contribution in [3.05, 3.63) is 31.2 Å². The Balaban J connectivity index is 4.33. The fourth-order valence-electron chi connectivity index (χ4n) is 3.97. The van der Waals surface area contributed by atoms with Crippen LogP contribution >= 0.6 is 0 Å². The number of allylic oxidation sites excluding steroid dienone is 4. The Morgan fingerprint density at radius 3 is 1.88 bits per heavy atom. The number of esters is 1. The van der Waals surface area contributed by atoms with Crippen molar-refractivity contribution >= 4 is 12.1 Å². The van der Waals surface area contributed by atoms with E-state index in [1.165, 1.54) is 0 Å². The monoisotopic (exact) mass is 582 g/mol. The Bertz CT molecular complexity index is 640. The average Bonchev–Trinajstić information content (AvgIpc) is 2.98. The molecular formula is C33H60NO7. The highest BCUT2D eigenvalue weighted by atomic mass is 16.7. The summed E-state index contributed by atoms with van der Waals surface area (Å²) < 4.78 is 27.8. The molecule has 0 N–H and O–H groups in total. The second kappa shape index (κ2) is 29.6. The molecule has 0 aromatic carbocycles. The second-order valence-electron chi connectivity index (χ2n) is 9.98. The SMILES string of the molecule is [CH2]CC(CCOC(=O)CCC(OCCCC/C=C\CC)OCCCC/C=C\CC)OC(=O)OCCCN(CC)CC. The van der Waals surface area contributed by atoms with Gasteiger partial charge in [-0.25, -0.2) is 4.79 Å². The van der Waals surface area contributed by atoms with E-state index in [2.05, 4.69) is 63.8 Å². The van der Waals surface area contributed by atoms with Crippen LogP contribution in [-0.4, -0.2) is 75.5 Å². The molecule has 0 amide bonds. The highest BCUT2D eigenvalue weighted by Crippen LogP contribution is 2.11. The summed E-state index contributed by atoms with van der Waals surface area (Å²) in [5, 5.41) is 0. The number of carbonyl (C=O) groups excluding carboxylic acids is 2. The smallest absolute Gasteiger partial charge is 0.466 e. The minimum Gasteiger partial charge on any atom is -0.466 e. The van der Waals surface area contributed by atoms with Gasteiger partial charge in [0.05, 0.1) is 19.6 Å². The molecular weight excluding hydrogens is 522 g/mol. The van der Waals surface area contributed by atoms with Crippen molar-refractivity contribution in [2.24, 2.45) is 0 Å². The van der Waals surface area contributed by atoms with Gasteiger partial charge in [-0.05, 0) is 84.2 Å². The number of unbranched alkanes of at least 4 members (excludes halogenated alkanes) is 4. The summed E-state index contributed by atoms with van der Waals surface area (Å²) in [5.41, 5.74) is 0. The molecule has 8 nitrogen and oxygen atoms in total. The molecule has 0 saturated heterocycles. The largest absolute Gasteiger partial charge is 0.508 e. The Labute approximate surface area is 251 Å². The van der Waals surface area contributed by atoms with Gasteiger partial charge in [0.1, 0.15) is 6.10 Å². The summed E-state index contributed by atoms with van der Waals surface area (Å²) in [7, 11) is 0. The van der Waals surface area contributed by atoms with E-state index < -0.39 is 18.5 Å². The van der Waals surface area contributed by atoms with Crippen molar-refractivity contribution in [2.45, 2.75) is 124 Å². The topological polar surface area (TPSA) is 83.5 Å². The van der Waals surface area contributed by atoms with Crippen molar-refractivity contribution in [2.75, 3.05) is 46.1 Å². The number of carbonyl (C=O) groups is 2. The van der Waals surface area contributed by atoms with Crippen LogP contribution in [0, 0.1) is 6.92 Å². The zero-order valence-corrected chi connectivity index (χ0v) is 26.6. The molecule has 0 aliphatic rings. The van der Waals surface area contributed by atoms with Crippen molar-refractivity contribution in [1.29, 1.82) is 0 Å². The first kappa shape index (κ1) is 39.1. The van der Waals surface area contributed by atoms with Crippen molar-refractivity contribution < 1.29 is 33.3 Å². The molecule has 1 unspecified atom stereocenters. The van der Waals surface area contributed by atoms with Crippen LogP contribution in [0.4, 0.5) is 4.79 Å². The average molecular weight is 583 g/mol. The summed E-state index contributed by atoms with van der Waals surface area (Å²) in [6.45, 7) is 16.8. The molecule has 0 aliphatic heterocycles. The molecule has 0 saturated carbocycles. The zero-order valence-electron chi connectivity index (χ0n) is 26.6. The first-order chi connectivity index (χ1) is 20.0. The van der Waals surface area contributed by atoms with Gasteiger partial charge in [-0.15, -0.1) is 0 Å². The molecule has 1 atom stereocenters. The highest BCUT2D eigenvalue weighted by molar-refractivity contribution is 5.69. The molecule has 0 aromatic rings. The molecule has 0 spiro atoms. The lowest BCUT2D eigenvalue weighted by Gasteiger charge is -2.19. The lowest BCUT2D eigenvalue weighted by atomic mass is 10.2. The van der Waals surface area contributed by atoms with Crippen LogP contribution in [0.3, 0.4) is 0 Å². The molecule has 0 aromatic heterocycles. The molecule has 1 radical (unpaired) electrons. The van der Waals surface area contributed by atoms with E-state index in [1.54, 1.807) is 0 Å². The highest BCUT2D eigenvalue weighted by Gasteiger charge is 2.17. The minimum absolute atomic E-state index is 0.150. The molecule has 0 aliphatic carbocycles. The fraction of sp³-hybridized carbons (Fsp3) is 0.788. The first-order valence-corrected chi connectivity index (χ1v) is 16.0. The van der Waals surface area contributed by atoms with Crippen molar-refractivity contribution in [3.63, 3.8) is 0 Å². The maximum Gasteiger partial charge on any atom is 0.508 e. The maximum atomic E-state index is 12.4. The number of hydrogen-bond acceptors (Lipinski definition) is 8. The summed E-state index contributed by atoms with van der Waals surface area (Å²) in [5.74, 6) is -0.321. The number of nitrogens with zero attached hydrogens (tertiary/aromatic N) is 1. The summed E-state index contributed by atoms with van der Waals surface area (Å²) in [4.78, 5) is 26.6. The quantitative estimate of drug-likeness (QED) is 0.0400. The molecule has 0 fully saturated rings. The van der Waals surface area contributed by atoms with Gasteiger partial charge < -0.3 is 28.6 Å². The lowest BCUT2D eigenvalue weighted by Crippen LogP contribution is -2.26. The molecule has 0 bridgehead atoms. The molecule has 239 valence electrons. The summed E-state index contributed by atoms with van der Waals surface area (Å²) in [6.07, 6.45) is 17.6. The Morgan fingerprint density at radius 1 is 0.732 bits per heavy atom. The van der Waals surface area contributed by atoms with E-state index in [-0.39, 0.29) is 19.0 Å². The van der Waals surface area contributed by atoms with Gasteiger partial charge in [0.15, 0.2) is 6.29 Å². The van der Waals surface area contributed by atoms with Crippen molar-refractivity contribution in [1.82, 2.24) is 4.90 Å². The third-order valence-electron chi connectivity index (χ3n) is 6.55. The third-order valence-corrected chi connectivity index (χ3v) is 6.55. The van der Waals surface area contributed by atoms with Crippen LogP contribution < -0.4 is 0 Å². The van der Waals surface area contributed by atoms with Gasteiger partial charge >= 0.3 is 12.1 Å². The standard InChI is InChI=1S/C33H60NO7/c1-6-11-13-15-17-19-26-38-32(39-27-20-18-16-14-12-7-2)23-22-31(35)37-29-24-30(8-3)41-33(36)40-28-21-25-34(9-4)10-5/h11-14,30,32H,3,6-10,15-29H2,1-2,4-5H3/b13-11-,14-12-. The van der Waals surface area contributed by atoms with Crippen molar-refractivity contribution in [3.8, 4) is 0 Å². The Hall–Kier alpha value is -1.90. The van der Waals surface area contributed by atoms with E-state index in [0.717, 1.165) is 77.4 Å². The van der Waals surface area contributed by atoms with Gasteiger partial charge in [0.2, 0.25) is 0 Å². The summed E-state index contributed by atoms with van der Waals surface area (Å²) >= 11 is 0. The zero-order chi connectivity index (χ0) is 30.4. The van der Waals surface area contributed by atoms with Gasteiger partial charge in [-0.3, -0.25) is 4.79 Å². The first-order valence-electron chi connectivity index (χ1n) is 16.0. The third kappa shape index (κ3) is 25.5. The van der Waals surface area contributed by atoms with Crippen LogP contribution in [0.2, 0.25) is 0 Å². The predicted molar refractivity (Wildman–Crippen MR) is 166 cm³/mol. The van der Waals surface area contributed by atoms with Crippen LogP contribution in [0.1, 0.15) is 111 Å². The lowest BCUT2D eigenvalue weighted by molar-refractivity contribution is -0.159. The molecule has 0 heterocycles. The fourth-order valence-corrected chi connectivity index (χ4v) is 3.97. The number of hydrogen-bond donors (Lipinski definition) is 0. The van der Waals surface area contributed by atoms with E-state index in [4.69, 9.17) is 23.7 Å². The number of ether oxygens (including phenoxy) is 5. The van der Waals surface area contributed by atoms with Crippen LogP contribution in [0.15, 0.2) is 24.3 Å². The second-order valence-corrected chi connectivity index (χ2v) is 9.98. The van der Waals surface area contributed by atoms with Gasteiger partial charge in [-0.1, -0.05) is 52.0 Å². The van der Waals surface area contributed by atoms with Crippen LogP contribution in [0.5, 0.6) is 0 Å². The Morgan fingerprint density at radius 2 is 1.34 bits per heavy atom. The van der Waals surface area contributed by atoms with Gasteiger partial charge in [-0.2, -0.15) is 0 Å². The van der Waals surface area contributed by atoms with E-state index >= 15 is 0 Å². The minimum atomic E-state index is -0.704. The van der Waals surface area contributed by atoms with E-state index in [0.29, 0.717) is 39.1 Å². The van der Waals surface area contributed by atoms with E-state index in [9.17, 15) is 9.59 Å². The summed E-state index contributed by atoms with van der Waals surface area (Å²) in [6, 6.07) is 0. The molecule has 8 heteroatoms. The maximum absolute atomic E-state index is 12.4. The van der Waals surface area contributed by atoms with Gasteiger partial charge in [0, 0.05) is 32.6 Å². The number of rotatable bonds is 28. The van der Waals surface area contributed by atoms with Crippen LogP contribution in [0.25, 0.3) is 0 Å². The van der Waals surface area contributed by atoms with Gasteiger partial charge in [0.25, 0.3) is 0 Å². The normalized spacial score (nSPS) is 12.6. The molecule has 0 rings (SSSR count). The predicted octanol–water partition coefficient (Wildman–Crippen LogP) is 7.81. The van der Waals surface area contributed by atoms with E-state index in [1.807, 2.05) is 0 Å². The van der Waals surface area contributed by atoms with Crippen LogP contribution in [-0.2, 0) is 28.5 Å². The Kier molecular flexibility index (Phi) is 28.2. The molecule has 41 heavy (non-hydrogen) atoms.